The summed E-state index contributed by atoms with van der Waals surface area (Å²) in [4.78, 5) is 22.2. The van der Waals surface area contributed by atoms with Crippen molar-refractivity contribution in [1.82, 2.24) is 10.6 Å². The van der Waals surface area contributed by atoms with Crippen molar-refractivity contribution in [2.45, 2.75) is 51.6 Å². The Balaban J connectivity index is 2.30. The molecule has 0 heterocycles. The van der Waals surface area contributed by atoms with Gasteiger partial charge in [-0.2, -0.15) is 0 Å². The van der Waals surface area contributed by atoms with Crippen molar-refractivity contribution in [1.29, 1.82) is 0 Å². The topological polar surface area (TPSA) is 78.4 Å². The maximum atomic E-state index is 11.5. The van der Waals surface area contributed by atoms with E-state index in [1.807, 2.05) is 6.92 Å². The van der Waals surface area contributed by atoms with Crippen LogP contribution in [0, 0.1) is 5.92 Å². The fraction of sp³-hybridized carbons (Fsp3) is 0.818. The fourth-order valence-electron chi connectivity index (χ4n) is 1.80. The number of urea groups is 1. The number of carboxylic acid groups (broad SMARTS) is 1. The second kappa shape index (κ2) is 5.72. The van der Waals surface area contributed by atoms with Crippen LogP contribution >= 0.6 is 0 Å². The van der Waals surface area contributed by atoms with Crippen molar-refractivity contribution in [3.8, 4) is 0 Å². The number of nitrogens with one attached hydrogen (secondary N) is 2. The van der Waals surface area contributed by atoms with Crippen LogP contribution in [0.1, 0.15) is 39.5 Å². The average Bonchev–Trinajstić information content (AvgIpc) is 2.10. The lowest BCUT2D eigenvalue weighted by Gasteiger charge is -2.32. The molecular formula is C11H20N2O3. The van der Waals surface area contributed by atoms with Crippen LogP contribution in [0.4, 0.5) is 4.79 Å². The van der Waals surface area contributed by atoms with Gasteiger partial charge >= 0.3 is 12.0 Å². The van der Waals surface area contributed by atoms with Crippen molar-refractivity contribution in [3.63, 3.8) is 0 Å². The minimum absolute atomic E-state index is 0.125. The van der Waals surface area contributed by atoms with Crippen LogP contribution in [0.5, 0.6) is 0 Å². The van der Waals surface area contributed by atoms with Gasteiger partial charge in [-0.1, -0.05) is 13.3 Å². The van der Waals surface area contributed by atoms with Crippen LogP contribution in [0.25, 0.3) is 0 Å². The second-order valence-corrected chi connectivity index (χ2v) is 4.40. The van der Waals surface area contributed by atoms with Crippen LogP contribution in [-0.4, -0.2) is 29.2 Å². The summed E-state index contributed by atoms with van der Waals surface area (Å²) < 4.78 is 0. The normalized spacial score (nSPS) is 19.4. The summed E-state index contributed by atoms with van der Waals surface area (Å²) in [7, 11) is 0. The zero-order chi connectivity index (χ0) is 12.1. The van der Waals surface area contributed by atoms with Crippen molar-refractivity contribution >= 4 is 12.0 Å². The Labute approximate surface area is 95.6 Å². The van der Waals surface area contributed by atoms with Gasteiger partial charge in [-0.05, 0) is 32.1 Å². The molecule has 1 rings (SSSR count). The zero-order valence-corrected chi connectivity index (χ0v) is 9.82. The van der Waals surface area contributed by atoms with E-state index in [9.17, 15) is 9.59 Å². The van der Waals surface area contributed by atoms with Crippen LogP contribution in [-0.2, 0) is 4.79 Å². The van der Waals surface area contributed by atoms with E-state index in [0.717, 1.165) is 12.8 Å². The lowest BCUT2D eigenvalue weighted by Crippen LogP contribution is -2.50. The lowest BCUT2D eigenvalue weighted by atomic mass is 9.80. The molecule has 1 unspecified atom stereocenters. The molecule has 1 aliphatic rings. The van der Waals surface area contributed by atoms with E-state index in [1.54, 1.807) is 6.92 Å². The number of carbonyl (C=O) groups excluding carboxylic acids is 1. The Morgan fingerprint density at radius 1 is 1.38 bits per heavy atom. The minimum Gasteiger partial charge on any atom is -0.480 e. The van der Waals surface area contributed by atoms with E-state index >= 15 is 0 Å². The highest BCUT2D eigenvalue weighted by Crippen LogP contribution is 2.29. The Bertz CT molecular complexity index is 264. The first-order valence-corrected chi connectivity index (χ1v) is 5.84. The van der Waals surface area contributed by atoms with Gasteiger partial charge in [0.15, 0.2) is 0 Å². The number of hydrogen-bond acceptors (Lipinski definition) is 2. The van der Waals surface area contributed by atoms with Gasteiger partial charge in [0.25, 0.3) is 0 Å². The van der Waals surface area contributed by atoms with Gasteiger partial charge in [-0.3, -0.25) is 0 Å². The summed E-state index contributed by atoms with van der Waals surface area (Å²) >= 11 is 0. The molecule has 5 heteroatoms. The van der Waals surface area contributed by atoms with Crippen LogP contribution in [0.2, 0.25) is 0 Å². The fourth-order valence-corrected chi connectivity index (χ4v) is 1.80. The molecule has 0 radical (unpaired) electrons. The molecule has 1 fully saturated rings. The van der Waals surface area contributed by atoms with Crippen molar-refractivity contribution in [2.24, 2.45) is 5.92 Å². The summed E-state index contributed by atoms with van der Waals surface area (Å²) in [5, 5.41) is 14.0. The minimum atomic E-state index is -0.992. The highest BCUT2D eigenvalue weighted by atomic mass is 16.4. The SMILES string of the molecule is CC[C@H](NC(=O)NC(C)C1CCC1)C(=O)O. The van der Waals surface area contributed by atoms with Crippen LogP contribution in [0.15, 0.2) is 0 Å². The van der Waals surface area contributed by atoms with E-state index in [4.69, 9.17) is 5.11 Å². The molecule has 5 nitrogen and oxygen atoms in total. The molecule has 0 aromatic carbocycles. The number of aliphatic carboxylic acids is 1. The molecule has 92 valence electrons. The molecule has 1 saturated carbocycles. The number of hydrogen-bond donors (Lipinski definition) is 3. The van der Waals surface area contributed by atoms with Gasteiger partial charge < -0.3 is 15.7 Å². The molecule has 0 aromatic rings. The second-order valence-electron chi connectivity index (χ2n) is 4.40. The monoisotopic (exact) mass is 228 g/mol. The number of carboxylic acids is 1. The number of carbonyl (C=O) groups is 2. The molecule has 0 spiro atoms. The van der Waals surface area contributed by atoms with Crippen molar-refractivity contribution in [3.05, 3.63) is 0 Å². The highest BCUT2D eigenvalue weighted by Gasteiger charge is 2.26. The smallest absolute Gasteiger partial charge is 0.326 e. The maximum absolute atomic E-state index is 11.5. The predicted octanol–water partition coefficient (Wildman–Crippen LogP) is 1.34. The van der Waals surface area contributed by atoms with Gasteiger partial charge in [-0.15, -0.1) is 0 Å². The Morgan fingerprint density at radius 3 is 2.38 bits per heavy atom. The molecule has 0 saturated heterocycles. The third-order valence-electron chi connectivity index (χ3n) is 3.23. The van der Waals surface area contributed by atoms with Gasteiger partial charge in [0.2, 0.25) is 0 Å². The first-order chi connectivity index (χ1) is 7.54. The molecule has 0 aromatic heterocycles. The summed E-state index contributed by atoms with van der Waals surface area (Å²) in [6.07, 6.45) is 3.92. The van der Waals surface area contributed by atoms with Crippen molar-refractivity contribution in [2.75, 3.05) is 0 Å². The molecule has 1 aliphatic carbocycles. The van der Waals surface area contributed by atoms with Crippen molar-refractivity contribution < 1.29 is 14.7 Å². The summed E-state index contributed by atoms with van der Waals surface area (Å²) in [5.41, 5.74) is 0. The third-order valence-corrected chi connectivity index (χ3v) is 3.23. The van der Waals surface area contributed by atoms with E-state index in [2.05, 4.69) is 10.6 Å². The zero-order valence-electron chi connectivity index (χ0n) is 9.82. The molecule has 3 N–H and O–H groups in total. The Hall–Kier alpha value is -1.26. The molecule has 16 heavy (non-hydrogen) atoms. The third kappa shape index (κ3) is 3.40. The van der Waals surface area contributed by atoms with Gasteiger partial charge in [-0.25, -0.2) is 9.59 Å². The maximum Gasteiger partial charge on any atom is 0.326 e. The molecule has 0 bridgehead atoms. The standard InChI is InChI=1S/C11H20N2O3/c1-3-9(10(14)15)13-11(16)12-7(2)8-5-4-6-8/h7-9H,3-6H2,1-2H3,(H,14,15)(H2,12,13,16)/t7?,9-/m0/s1. The highest BCUT2D eigenvalue weighted by molar-refractivity contribution is 5.82. The van der Waals surface area contributed by atoms with E-state index in [1.165, 1.54) is 6.42 Å². The van der Waals surface area contributed by atoms with Crippen LogP contribution < -0.4 is 10.6 Å². The molecular weight excluding hydrogens is 208 g/mol. The molecule has 0 aliphatic heterocycles. The first-order valence-electron chi connectivity index (χ1n) is 5.84. The van der Waals surface area contributed by atoms with Crippen LogP contribution in [0.3, 0.4) is 0 Å². The Kier molecular flexibility index (Phi) is 4.58. The predicted molar refractivity (Wildman–Crippen MR) is 60.2 cm³/mol. The van der Waals surface area contributed by atoms with E-state index < -0.39 is 12.0 Å². The van der Waals surface area contributed by atoms with Gasteiger partial charge in [0.1, 0.15) is 6.04 Å². The molecule has 2 atom stereocenters. The largest absolute Gasteiger partial charge is 0.480 e. The average molecular weight is 228 g/mol. The molecule has 2 amide bonds. The summed E-state index contributed by atoms with van der Waals surface area (Å²) in [6, 6.07) is -1.05. The van der Waals surface area contributed by atoms with E-state index in [-0.39, 0.29) is 12.1 Å². The lowest BCUT2D eigenvalue weighted by molar-refractivity contribution is -0.139. The quantitative estimate of drug-likeness (QED) is 0.664. The van der Waals surface area contributed by atoms with Gasteiger partial charge in [0, 0.05) is 6.04 Å². The number of rotatable bonds is 5. The Morgan fingerprint density at radius 2 is 2.00 bits per heavy atom. The van der Waals surface area contributed by atoms with Gasteiger partial charge in [0.05, 0.1) is 0 Å². The summed E-state index contributed by atoms with van der Waals surface area (Å²) in [6.45, 7) is 3.69. The van der Waals surface area contributed by atoms with E-state index in [0.29, 0.717) is 12.3 Å². The summed E-state index contributed by atoms with van der Waals surface area (Å²) in [5.74, 6) is -0.440. The first kappa shape index (κ1) is 12.8. The number of amides is 2.